The minimum absolute atomic E-state index is 0.833. The first-order valence-corrected chi connectivity index (χ1v) is 7.40. The maximum Gasteiger partial charge on any atom is 0.163 e. The molecule has 4 aromatic rings. The second kappa shape index (κ2) is 5.57. The van der Waals surface area contributed by atoms with Gasteiger partial charge < -0.3 is 4.74 Å². The van der Waals surface area contributed by atoms with Crippen molar-refractivity contribution < 1.29 is 4.74 Å². The summed E-state index contributed by atoms with van der Waals surface area (Å²) in [5.41, 5.74) is 4.94. The second-order valence-electron chi connectivity index (χ2n) is 5.21. The summed E-state index contributed by atoms with van der Waals surface area (Å²) < 4.78 is 7.07. The van der Waals surface area contributed by atoms with Gasteiger partial charge in [-0.1, -0.05) is 42.5 Å². The number of rotatable bonds is 3. The highest BCUT2D eigenvalue weighted by atomic mass is 16.5. The fraction of sp³-hybridized carbons (Fsp3) is 0.0526. The molecule has 4 heteroatoms. The van der Waals surface area contributed by atoms with E-state index < -0.39 is 0 Å². The van der Waals surface area contributed by atoms with Gasteiger partial charge in [0.15, 0.2) is 5.65 Å². The highest BCUT2D eigenvalue weighted by molar-refractivity contribution is 5.90. The van der Waals surface area contributed by atoms with Crippen molar-refractivity contribution in [2.45, 2.75) is 0 Å². The standard InChI is InChI=1S/C19H15N3O/c1-23-16-10-8-14(9-11-16)17-18(15-6-3-2-4-7-15)21-22-13-5-12-20-19(17)22/h2-13H,1H3. The number of hydrogen-bond acceptors (Lipinski definition) is 3. The van der Waals surface area contributed by atoms with Crippen molar-refractivity contribution in [3.63, 3.8) is 0 Å². The molecule has 0 unspecified atom stereocenters. The first-order chi connectivity index (χ1) is 11.4. The van der Waals surface area contributed by atoms with Crippen molar-refractivity contribution in [1.82, 2.24) is 14.6 Å². The summed E-state index contributed by atoms with van der Waals surface area (Å²) in [5, 5.41) is 4.72. The summed E-state index contributed by atoms with van der Waals surface area (Å²) in [6.07, 6.45) is 3.71. The Labute approximate surface area is 134 Å². The minimum atomic E-state index is 0.833. The van der Waals surface area contributed by atoms with Crippen LogP contribution in [0.2, 0.25) is 0 Å². The molecule has 4 rings (SSSR count). The zero-order valence-corrected chi connectivity index (χ0v) is 12.7. The van der Waals surface area contributed by atoms with E-state index in [4.69, 9.17) is 9.84 Å². The predicted molar refractivity (Wildman–Crippen MR) is 90.4 cm³/mol. The van der Waals surface area contributed by atoms with Crippen molar-refractivity contribution >= 4 is 5.65 Å². The first kappa shape index (κ1) is 13.5. The molecule has 0 bridgehead atoms. The molecule has 2 aromatic heterocycles. The van der Waals surface area contributed by atoms with Gasteiger partial charge in [0, 0.05) is 18.0 Å². The Hall–Kier alpha value is -3.14. The maximum absolute atomic E-state index is 5.25. The lowest BCUT2D eigenvalue weighted by atomic mass is 10.0. The van der Waals surface area contributed by atoms with Crippen LogP contribution in [-0.2, 0) is 0 Å². The van der Waals surface area contributed by atoms with E-state index in [0.717, 1.165) is 33.8 Å². The molecule has 0 amide bonds. The lowest BCUT2D eigenvalue weighted by Gasteiger charge is -2.05. The number of nitrogens with zero attached hydrogens (tertiary/aromatic N) is 3. The van der Waals surface area contributed by atoms with Gasteiger partial charge in [-0.25, -0.2) is 9.50 Å². The van der Waals surface area contributed by atoms with Crippen LogP contribution in [0.4, 0.5) is 0 Å². The van der Waals surface area contributed by atoms with E-state index in [2.05, 4.69) is 17.1 Å². The zero-order chi connectivity index (χ0) is 15.6. The quantitative estimate of drug-likeness (QED) is 0.572. The van der Waals surface area contributed by atoms with E-state index in [1.807, 2.05) is 59.2 Å². The molecular formula is C19H15N3O. The van der Waals surface area contributed by atoms with E-state index in [1.165, 1.54) is 0 Å². The van der Waals surface area contributed by atoms with Gasteiger partial charge in [-0.2, -0.15) is 5.10 Å². The van der Waals surface area contributed by atoms with Crippen molar-refractivity contribution in [3.8, 4) is 28.1 Å². The molecule has 0 saturated heterocycles. The molecule has 0 atom stereocenters. The van der Waals surface area contributed by atoms with Gasteiger partial charge >= 0.3 is 0 Å². The van der Waals surface area contributed by atoms with Crippen molar-refractivity contribution in [2.24, 2.45) is 0 Å². The van der Waals surface area contributed by atoms with Gasteiger partial charge in [0.2, 0.25) is 0 Å². The van der Waals surface area contributed by atoms with Gasteiger partial charge in [-0.3, -0.25) is 0 Å². The van der Waals surface area contributed by atoms with E-state index in [9.17, 15) is 0 Å². The van der Waals surface area contributed by atoms with Gasteiger partial charge in [-0.15, -0.1) is 0 Å². The summed E-state index contributed by atoms with van der Waals surface area (Å²) in [5.74, 6) is 0.833. The Bertz CT molecular complexity index is 943. The van der Waals surface area contributed by atoms with Crippen LogP contribution in [0.3, 0.4) is 0 Å². The zero-order valence-electron chi connectivity index (χ0n) is 12.7. The number of ether oxygens (including phenoxy) is 1. The molecule has 2 heterocycles. The van der Waals surface area contributed by atoms with E-state index in [-0.39, 0.29) is 0 Å². The van der Waals surface area contributed by atoms with Gasteiger partial charge in [0.05, 0.1) is 12.7 Å². The molecule has 0 N–H and O–H groups in total. The summed E-state index contributed by atoms with van der Waals surface area (Å²) in [6.45, 7) is 0. The third-order valence-corrected chi connectivity index (χ3v) is 3.82. The lowest BCUT2D eigenvalue weighted by molar-refractivity contribution is 0.415. The highest BCUT2D eigenvalue weighted by Gasteiger charge is 2.17. The van der Waals surface area contributed by atoms with Crippen LogP contribution in [0.15, 0.2) is 73.1 Å². The molecule has 0 radical (unpaired) electrons. The predicted octanol–water partition coefficient (Wildman–Crippen LogP) is 4.07. The van der Waals surface area contributed by atoms with Crippen LogP contribution in [0.25, 0.3) is 28.0 Å². The number of methoxy groups -OCH3 is 1. The molecule has 0 spiro atoms. The average molecular weight is 301 g/mol. The molecule has 0 saturated carbocycles. The van der Waals surface area contributed by atoms with Crippen molar-refractivity contribution in [2.75, 3.05) is 7.11 Å². The summed E-state index contributed by atoms with van der Waals surface area (Å²) in [7, 11) is 1.67. The second-order valence-corrected chi connectivity index (χ2v) is 5.21. The summed E-state index contributed by atoms with van der Waals surface area (Å²) in [4.78, 5) is 4.52. The number of benzene rings is 2. The van der Waals surface area contributed by atoms with E-state index in [0.29, 0.717) is 0 Å². The molecular weight excluding hydrogens is 286 g/mol. The van der Waals surface area contributed by atoms with Crippen LogP contribution in [0.1, 0.15) is 0 Å². The Morgan fingerprint density at radius 3 is 2.39 bits per heavy atom. The van der Waals surface area contributed by atoms with Crippen LogP contribution < -0.4 is 4.74 Å². The third-order valence-electron chi connectivity index (χ3n) is 3.82. The largest absolute Gasteiger partial charge is 0.497 e. The monoisotopic (exact) mass is 301 g/mol. The van der Waals surface area contributed by atoms with Crippen LogP contribution in [-0.4, -0.2) is 21.7 Å². The molecule has 112 valence electrons. The number of hydrogen-bond donors (Lipinski definition) is 0. The molecule has 0 aliphatic carbocycles. The Balaban J connectivity index is 1.99. The summed E-state index contributed by atoms with van der Waals surface area (Å²) >= 11 is 0. The molecule has 4 nitrogen and oxygen atoms in total. The summed E-state index contributed by atoms with van der Waals surface area (Å²) in [6, 6.07) is 20.0. The normalized spacial score (nSPS) is 10.8. The Morgan fingerprint density at radius 1 is 0.870 bits per heavy atom. The van der Waals surface area contributed by atoms with Gasteiger partial charge in [0.1, 0.15) is 11.4 Å². The minimum Gasteiger partial charge on any atom is -0.497 e. The van der Waals surface area contributed by atoms with Crippen LogP contribution >= 0.6 is 0 Å². The van der Waals surface area contributed by atoms with Gasteiger partial charge in [-0.05, 0) is 23.8 Å². The molecule has 0 aliphatic rings. The SMILES string of the molecule is COc1ccc(-c2c(-c3ccccc3)nn3cccnc23)cc1. The molecule has 0 fully saturated rings. The molecule has 0 aliphatic heterocycles. The lowest BCUT2D eigenvalue weighted by Crippen LogP contribution is -1.87. The average Bonchev–Trinajstić information content (AvgIpc) is 3.02. The maximum atomic E-state index is 5.25. The van der Waals surface area contributed by atoms with E-state index in [1.54, 1.807) is 13.3 Å². The fourth-order valence-corrected chi connectivity index (χ4v) is 2.71. The van der Waals surface area contributed by atoms with Crippen LogP contribution in [0.5, 0.6) is 5.75 Å². The topological polar surface area (TPSA) is 39.4 Å². The smallest absolute Gasteiger partial charge is 0.163 e. The number of fused-ring (bicyclic) bond motifs is 1. The van der Waals surface area contributed by atoms with Gasteiger partial charge in [0.25, 0.3) is 0 Å². The molecule has 2 aromatic carbocycles. The Morgan fingerprint density at radius 2 is 1.65 bits per heavy atom. The van der Waals surface area contributed by atoms with Crippen molar-refractivity contribution in [3.05, 3.63) is 73.1 Å². The first-order valence-electron chi connectivity index (χ1n) is 7.40. The highest BCUT2D eigenvalue weighted by Crippen LogP contribution is 2.34. The fourth-order valence-electron chi connectivity index (χ4n) is 2.71. The molecule has 23 heavy (non-hydrogen) atoms. The number of aromatic nitrogens is 3. The van der Waals surface area contributed by atoms with Crippen LogP contribution in [0, 0.1) is 0 Å². The van der Waals surface area contributed by atoms with Crippen molar-refractivity contribution in [1.29, 1.82) is 0 Å². The third kappa shape index (κ3) is 2.34. The van der Waals surface area contributed by atoms with E-state index >= 15 is 0 Å². The Kier molecular flexibility index (Phi) is 3.27.